The number of rotatable bonds is 4. The summed E-state index contributed by atoms with van der Waals surface area (Å²) in [6, 6.07) is 5.97. The molecule has 0 N–H and O–H groups in total. The van der Waals surface area contributed by atoms with E-state index >= 15 is 0 Å². The van der Waals surface area contributed by atoms with Gasteiger partial charge in [0.2, 0.25) is 0 Å². The Labute approximate surface area is 177 Å². The van der Waals surface area contributed by atoms with Crippen molar-refractivity contribution in [2.45, 2.75) is 37.2 Å². The van der Waals surface area contributed by atoms with Crippen molar-refractivity contribution < 1.29 is 13.2 Å². The molecule has 2 aliphatic rings. The lowest BCUT2D eigenvalue weighted by Gasteiger charge is -2.41. The first kappa shape index (κ1) is 21.0. The molecule has 0 aliphatic carbocycles. The quantitative estimate of drug-likeness (QED) is 0.723. The predicted octanol–water partition coefficient (Wildman–Crippen LogP) is 1.60. The average molecular weight is 430 g/mol. The van der Waals surface area contributed by atoms with Gasteiger partial charge in [0.15, 0.2) is 5.69 Å². The Hall–Kier alpha value is -2.28. The van der Waals surface area contributed by atoms with Gasteiger partial charge in [-0.05, 0) is 45.0 Å². The molecule has 0 aromatic carbocycles. The molecule has 0 spiro atoms. The molecule has 0 radical (unpaired) electrons. The molecule has 0 amide bonds. The zero-order valence-corrected chi connectivity index (χ0v) is 18.2. The van der Waals surface area contributed by atoms with Crippen LogP contribution in [0.25, 0.3) is 10.9 Å². The molecule has 2 aliphatic heterocycles. The van der Waals surface area contributed by atoms with Crippen molar-refractivity contribution in [3.05, 3.63) is 30.2 Å². The summed E-state index contributed by atoms with van der Waals surface area (Å²) in [5.74, 6) is 0. The number of anilines is 1. The third kappa shape index (κ3) is 4.41. The Bertz CT molecular complexity index is 1060. The van der Waals surface area contributed by atoms with Crippen LogP contribution >= 0.6 is 0 Å². The van der Waals surface area contributed by atoms with Gasteiger partial charge < -0.3 is 14.5 Å². The average Bonchev–Trinajstić information content (AvgIpc) is 2.72. The number of aromatic nitrogens is 2. The minimum Gasteiger partial charge on any atom is -0.370 e. The van der Waals surface area contributed by atoms with Crippen molar-refractivity contribution in [2.24, 2.45) is 0 Å². The minimum absolute atomic E-state index is 0.0194. The maximum atomic E-state index is 11.8. The van der Waals surface area contributed by atoms with Crippen LogP contribution < -0.4 is 4.90 Å². The molecule has 2 fully saturated rings. The smallest absolute Gasteiger partial charge is 0.166 e. The lowest BCUT2D eigenvalue weighted by molar-refractivity contribution is -0.0341. The van der Waals surface area contributed by atoms with Crippen molar-refractivity contribution in [2.75, 3.05) is 43.9 Å². The van der Waals surface area contributed by atoms with Crippen LogP contribution in [-0.4, -0.2) is 79.7 Å². The van der Waals surface area contributed by atoms with Crippen molar-refractivity contribution in [3.8, 4) is 6.07 Å². The second kappa shape index (κ2) is 8.46. The summed E-state index contributed by atoms with van der Waals surface area (Å²) >= 11 is 0. The maximum absolute atomic E-state index is 11.8. The van der Waals surface area contributed by atoms with E-state index in [1.54, 1.807) is 12.4 Å². The summed E-state index contributed by atoms with van der Waals surface area (Å²) < 4.78 is 29.8. The summed E-state index contributed by atoms with van der Waals surface area (Å²) in [7, 11) is -2.96. The number of likely N-dealkylation sites (tertiary alicyclic amines) is 1. The van der Waals surface area contributed by atoms with Crippen molar-refractivity contribution in [1.82, 2.24) is 14.9 Å². The number of hydrogen-bond acceptors (Lipinski definition) is 8. The van der Waals surface area contributed by atoms with Gasteiger partial charge in [-0.2, -0.15) is 5.26 Å². The van der Waals surface area contributed by atoms with Gasteiger partial charge in [-0.3, -0.25) is 4.98 Å². The molecule has 2 aromatic heterocycles. The van der Waals surface area contributed by atoms with Crippen molar-refractivity contribution in [1.29, 1.82) is 5.26 Å². The number of morpholine rings is 1. The van der Waals surface area contributed by atoms with E-state index in [4.69, 9.17) is 4.74 Å². The number of fused-ring (bicyclic) bond motifs is 1. The maximum Gasteiger partial charge on any atom is 0.166 e. The second-order valence-corrected chi connectivity index (χ2v) is 10.6. The molecule has 2 aromatic rings. The Morgan fingerprint density at radius 2 is 2.03 bits per heavy atom. The summed E-state index contributed by atoms with van der Waals surface area (Å²) in [5.41, 5.74) is 1.92. The second-order valence-electron chi connectivity index (χ2n) is 8.31. The van der Waals surface area contributed by atoms with Crippen LogP contribution in [0.4, 0.5) is 5.69 Å². The van der Waals surface area contributed by atoms with Crippen molar-refractivity contribution >= 4 is 26.4 Å². The van der Waals surface area contributed by atoms with Crippen LogP contribution in [0.3, 0.4) is 0 Å². The van der Waals surface area contributed by atoms with Crippen LogP contribution in [0, 0.1) is 11.3 Å². The molecular weight excluding hydrogens is 402 g/mol. The van der Waals surface area contributed by atoms with Gasteiger partial charge in [-0.1, -0.05) is 0 Å². The number of piperidine rings is 1. The number of pyridine rings is 2. The minimum atomic E-state index is -2.96. The van der Waals surface area contributed by atoms with Gasteiger partial charge in [0.1, 0.15) is 21.4 Å². The number of hydrogen-bond donors (Lipinski definition) is 0. The summed E-state index contributed by atoms with van der Waals surface area (Å²) in [4.78, 5) is 13.3. The number of sulfone groups is 1. The fourth-order valence-corrected chi connectivity index (χ4v) is 5.61. The molecule has 4 rings (SSSR count). The van der Waals surface area contributed by atoms with E-state index in [1.165, 1.54) is 6.26 Å². The lowest BCUT2D eigenvalue weighted by Crippen LogP contribution is -2.52. The molecule has 0 saturated carbocycles. The first-order valence-electron chi connectivity index (χ1n) is 10.3. The summed E-state index contributed by atoms with van der Waals surface area (Å²) in [6.07, 6.45) is 6.21. The van der Waals surface area contributed by atoms with Gasteiger partial charge in [0, 0.05) is 37.5 Å². The van der Waals surface area contributed by atoms with Gasteiger partial charge in [0.25, 0.3) is 0 Å². The van der Waals surface area contributed by atoms with E-state index in [-0.39, 0.29) is 17.5 Å². The van der Waals surface area contributed by atoms with E-state index < -0.39 is 9.84 Å². The van der Waals surface area contributed by atoms with Crippen LogP contribution in [-0.2, 0) is 14.6 Å². The standard InChI is InChI=1S/C21H27N5O3S/c1-15-12-26(20-11-24-19(10-22)21-18(20)4-3-7-23-21)14-16(29-15)13-25-8-5-17(6-9-25)30(2,27)28/h3-4,7,11,15-17H,5-6,8-9,12-14H2,1-2H3/t15-,16+/m1/s1. The van der Waals surface area contributed by atoms with Gasteiger partial charge in [0.05, 0.1) is 29.3 Å². The van der Waals surface area contributed by atoms with Gasteiger partial charge >= 0.3 is 0 Å². The summed E-state index contributed by atoms with van der Waals surface area (Å²) in [5, 5.41) is 10.0. The van der Waals surface area contributed by atoms with E-state index in [9.17, 15) is 13.7 Å². The Kier molecular flexibility index (Phi) is 5.91. The first-order chi connectivity index (χ1) is 14.3. The van der Waals surface area contributed by atoms with Crippen LogP contribution in [0.15, 0.2) is 24.5 Å². The molecular formula is C21H27N5O3S. The molecule has 2 atom stereocenters. The van der Waals surface area contributed by atoms with Crippen LogP contribution in [0.5, 0.6) is 0 Å². The highest BCUT2D eigenvalue weighted by Gasteiger charge is 2.31. The molecule has 30 heavy (non-hydrogen) atoms. The fraction of sp³-hybridized carbons (Fsp3) is 0.571. The molecule has 2 saturated heterocycles. The highest BCUT2D eigenvalue weighted by Crippen LogP contribution is 2.29. The molecule has 160 valence electrons. The van der Waals surface area contributed by atoms with Crippen molar-refractivity contribution in [3.63, 3.8) is 0 Å². The third-order valence-corrected chi connectivity index (χ3v) is 7.68. The topological polar surface area (TPSA) is 99.4 Å². The normalized spacial score (nSPS) is 24.1. The zero-order valence-electron chi connectivity index (χ0n) is 17.4. The number of nitriles is 1. The van der Waals surface area contributed by atoms with Gasteiger partial charge in [-0.25, -0.2) is 13.4 Å². The molecule has 9 heteroatoms. The monoisotopic (exact) mass is 429 g/mol. The zero-order chi connectivity index (χ0) is 21.3. The van der Waals surface area contributed by atoms with E-state index in [1.807, 2.05) is 12.1 Å². The van der Waals surface area contributed by atoms with Gasteiger partial charge in [-0.15, -0.1) is 0 Å². The molecule has 0 unspecified atom stereocenters. The lowest BCUT2D eigenvalue weighted by atomic mass is 10.1. The van der Waals surface area contributed by atoms with E-state index in [0.29, 0.717) is 30.6 Å². The van der Waals surface area contributed by atoms with Crippen LogP contribution in [0.2, 0.25) is 0 Å². The number of nitrogens with zero attached hydrogens (tertiary/aromatic N) is 5. The first-order valence-corrected chi connectivity index (χ1v) is 12.3. The highest BCUT2D eigenvalue weighted by atomic mass is 32.2. The fourth-order valence-electron chi connectivity index (χ4n) is 4.54. The largest absolute Gasteiger partial charge is 0.370 e. The molecule has 8 nitrogen and oxygen atoms in total. The predicted molar refractivity (Wildman–Crippen MR) is 115 cm³/mol. The Morgan fingerprint density at radius 3 is 2.73 bits per heavy atom. The SMILES string of the molecule is C[C@@H]1CN(c2cnc(C#N)c3ncccc23)C[C@H](CN2CCC(S(C)(=O)=O)CC2)O1. The Balaban J connectivity index is 1.49. The van der Waals surface area contributed by atoms with Crippen LogP contribution in [0.1, 0.15) is 25.5 Å². The summed E-state index contributed by atoms with van der Waals surface area (Å²) in [6.45, 7) is 5.84. The van der Waals surface area contributed by atoms with E-state index in [0.717, 1.165) is 37.3 Å². The molecule has 0 bridgehead atoms. The van der Waals surface area contributed by atoms with E-state index in [2.05, 4.69) is 32.8 Å². The third-order valence-electron chi connectivity index (χ3n) is 6.00. The highest BCUT2D eigenvalue weighted by molar-refractivity contribution is 7.91. The Morgan fingerprint density at radius 1 is 1.27 bits per heavy atom. The number of ether oxygens (including phenoxy) is 1. The molecule has 4 heterocycles.